The normalized spacial score (nSPS) is 11.1. The van der Waals surface area contributed by atoms with Gasteiger partial charge in [0.05, 0.1) is 11.4 Å². The lowest BCUT2D eigenvalue weighted by Crippen LogP contribution is -2.33. The molecule has 1 amide bonds. The van der Waals surface area contributed by atoms with Crippen LogP contribution < -0.4 is 11.1 Å². The summed E-state index contributed by atoms with van der Waals surface area (Å²) in [5, 5.41) is 11.7. The van der Waals surface area contributed by atoms with E-state index in [9.17, 15) is 4.79 Å². The van der Waals surface area contributed by atoms with Crippen molar-refractivity contribution < 1.29 is 9.90 Å². The average molecular weight is 293 g/mol. The molecule has 0 fully saturated rings. The number of hydrogen-bond acceptors (Lipinski definition) is 4. The molecule has 1 aromatic rings. The first kappa shape index (κ1) is 17.5. The highest BCUT2D eigenvalue weighted by molar-refractivity contribution is 5.93. The monoisotopic (exact) mass is 293 g/mol. The molecule has 118 valence electrons. The van der Waals surface area contributed by atoms with Crippen molar-refractivity contribution in [3.8, 4) is 0 Å². The second-order valence-corrected chi connectivity index (χ2v) is 5.45. The molecule has 0 aliphatic rings. The Balaban J connectivity index is 2.34. The second-order valence-electron chi connectivity index (χ2n) is 5.45. The van der Waals surface area contributed by atoms with Gasteiger partial charge in [0.15, 0.2) is 0 Å². The Morgan fingerprint density at radius 2 is 1.95 bits per heavy atom. The molecule has 5 nitrogen and oxygen atoms in total. The van der Waals surface area contributed by atoms with Gasteiger partial charge in [-0.1, -0.05) is 12.1 Å². The number of carbonyl (C=O) groups excluding carboxylic acids is 1. The molecule has 0 unspecified atom stereocenters. The van der Waals surface area contributed by atoms with E-state index >= 15 is 0 Å². The summed E-state index contributed by atoms with van der Waals surface area (Å²) in [7, 11) is 0. The third-order valence-electron chi connectivity index (χ3n) is 3.42. The van der Waals surface area contributed by atoms with E-state index in [1.165, 1.54) is 0 Å². The Bertz CT molecular complexity index is 435. The Morgan fingerprint density at radius 3 is 2.57 bits per heavy atom. The number of rotatable bonds is 9. The molecule has 4 N–H and O–H groups in total. The Morgan fingerprint density at radius 1 is 1.29 bits per heavy atom. The molecule has 0 heterocycles. The minimum absolute atomic E-state index is 0.0150. The third-order valence-corrected chi connectivity index (χ3v) is 3.42. The number of para-hydroxylation sites is 2. The van der Waals surface area contributed by atoms with Crippen molar-refractivity contribution in [3.05, 3.63) is 24.3 Å². The van der Waals surface area contributed by atoms with Crippen LogP contribution in [0.25, 0.3) is 0 Å². The second kappa shape index (κ2) is 9.37. The summed E-state index contributed by atoms with van der Waals surface area (Å²) in [4.78, 5) is 14.2. The van der Waals surface area contributed by atoms with Crippen LogP contribution >= 0.6 is 0 Å². The topological polar surface area (TPSA) is 78.6 Å². The summed E-state index contributed by atoms with van der Waals surface area (Å²) in [6.45, 7) is 6.18. The summed E-state index contributed by atoms with van der Waals surface area (Å²) in [5.41, 5.74) is 7.04. The zero-order valence-corrected chi connectivity index (χ0v) is 13.0. The molecule has 1 rings (SSSR count). The summed E-state index contributed by atoms with van der Waals surface area (Å²) < 4.78 is 0. The van der Waals surface area contributed by atoms with Crippen LogP contribution in [0, 0.1) is 0 Å². The molecule has 1 aromatic carbocycles. The van der Waals surface area contributed by atoms with Crippen molar-refractivity contribution >= 4 is 17.3 Å². The molecule has 0 radical (unpaired) electrons. The SMILES string of the molecule is CC(C)N(CCCO)CCCC(=O)Nc1ccccc1N. The Kier molecular flexibility index (Phi) is 7.79. The van der Waals surface area contributed by atoms with E-state index in [1.807, 2.05) is 12.1 Å². The van der Waals surface area contributed by atoms with Gasteiger partial charge in [0, 0.05) is 25.6 Å². The maximum absolute atomic E-state index is 11.9. The van der Waals surface area contributed by atoms with Crippen LogP contribution in [0.15, 0.2) is 24.3 Å². The number of benzene rings is 1. The molecular weight excluding hydrogens is 266 g/mol. The number of anilines is 2. The van der Waals surface area contributed by atoms with Gasteiger partial charge in [-0.15, -0.1) is 0 Å². The predicted molar refractivity (Wildman–Crippen MR) is 87.1 cm³/mol. The van der Waals surface area contributed by atoms with Crippen molar-refractivity contribution in [1.82, 2.24) is 4.90 Å². The maximum atomic E-state index is 11.9. The molecule has 0 atom stereocenters. The lowest BCUT2D eigenvalue weighted by molar-refractivity contribution is -0.116. The average Bonchev–Trinajstić information content (AvgIpc) is 2.44. The van der Waals surface area contributed by atoms with Crippen LogP contribution in [0.2, 0.25) is 0 Å². The van der Waals surface area contributed by atoms with E-state index in [2.05, 4.69) is 24.1 Å². The Hall–Kier alpha value is -1.59. The number of nitrogen functional groups attached to an aromatic ring is 1. The van der Waals surface area contributed by atoms with Gasteiger partial charge in [-0.25, -0.2) is 0 Å². The Labute approximate surface area is 127 Å². The maximum Gasteiger partial charge on any atom is 0.224 e. The number of carbonyl (C=O) groups is 1. The van der Waals surface area contributed by atoms with E-state index < -0.39 is 0 Å². The first-order valence-electron chi connectivity index (χ1n) is 7.54. The lowest BCUT2D eigenvalue weighted by Gasteiger charge is -2.26. The number of nitrogens with one attached hydrogen (secondary N) is 1. The molecule has 5 heteroatoms. The van der Waals surface area contributed by atoms with Gasteiger partial charge in [0.25, 0.3) is 0 Å². The fourth-order valence-corrected chi connectivity index (χ4v) is 2.17. The molecule has 0 aromatic heterocycles. The van der Waals surface area contributed by atoms with Gasteiger partial charge < -0.3 is 21.1 Å². The quantitative estimate of drug-likeness (QED) is 0.609. The predicted octanol–water partition coefficient (Wildman–Crippen LogP) is 2.08. The van der Waals surface area contributed by atoms with Gasteiger partial charge in [-0.2, -0.15) is 0 Å². The zero-order chi connectivity index (χ0) is 15.7. The number of aliphatic hydroxyl groups excluding tert-OH is 1. The van der Waals surface area contributed by atoms with Gasteiger partial charge in [0.2, 0.25) is 5.91 Å². The van der Waals surface area contributed by atoms with E-state index in [1.54, 1.807) is 12.1 Å². The molecule has 0 saturated heterocycles. The minimum atomic E-state index is -0.0150. The third kappa shape index (κ3) is 6.60. The van der Waals surface area contributed by atoms with Gasteiger partial charge in [0.1, 0.15) is 0 Å². The standard InChI is InChI=1S/C16H27N3O2/c1-13(2)19(11-6-12-20)10-5-9-16(21)18-15-8-4-3-7-14(15)17/h3-4,7-8,13,20H,5-6,9-12,17H2,1-2H3,(H,18,21). The summed E-state index contributed by atoms with van der Waals surface area (Å²) in [6, 6.07) is 7.68. The number of amides is 1. The van der Waals surface area contributed by atoms with Crippen LogP contribution in [-0.2, 0) is 4.79 Å². The van der Waals surface area contributed by atoms with Crippen LogP contribution in [0.5, 0.6) is 0 Å². The fraction of sp³-hybridized carbons (Fsp3) is 0.562. The molecular formula is C16H27N3O2. The van der Waals surface area contributed by atoms with Crippen molar-refractivity contribution in [3.63, 3.8) is 0 Å². The summed E-state index contributed by atoms with van der Waals surface area (Å²) in [6.07, 6.45) is 2.03. The van der Waals surface area contributed by atoms with E-state index in [0.717, 1.165) is 25.9 Å². The number of nitrogens with two attached hydrogens (primary N) is 1. The van der Waals surface area contributed by atoms with Gasteiger partial charge in [-0.05, 0) is 45.4 Å². The molecule has 21 heavy (non-hydrogen) atoms. The number of nitrogens with zero attached hydrogens (tertiary/aromatic N) is 1. The van der Waals surface area contributed by atoms with E-state index in [-0.39, 0.29) is 12.5 Å². The van der Waals surface area contributed by atoms with Crippen LogP contribution in [0.1, 0.15) is 33.1 Å². The van der Waals surface area contributed by atoms with Crippen molar-refractivity contribution in [1.29, 1.82) is 0 Å². The summed E-state index contributed by atoms with van der Waals surface area (Å²) in [5.74, 6) is -0.0150. The van der Waals surface area contributed by atoms with Crippen LogP contribution in [0.3, 0.4) is 0 Å². The fourth-order valence-electron chi connectivity index (χ4n) is 2.17. The first-order chi connectivity index (χ1) is 10.0. The zero-order valence-electron chi connectivity index (χ0n) is 13.0. The molecule has 0 bridgehead atoms. The van der Waals surface area contributed by atoms with Gasteiger partial charge >= 0.3 is 0 Å². The highest BCUT2D eigenvalue weighted by Gasteiger charge is 2.10. The number of aliphatic hydroxyl groups is 1. The van der Waals surface area contributed by atoms with Gasteiger partial charge in [-0.3, -0.25) is 4.79 Å². The highest BCUT2D eigenvalue weighted by atomic mass is 16.3. The van der Waals surface area contributed by atoms with E-state index in [0.29, 0.717) is 23.8 Å². The number of hydrogen-bond donors (Lipinski definition) is 3. The van der Waals surface area contributed by atoms with Crippen molar-refractivity contribution in [2.24, 2.45) is 0 Å². The molecule has 0 saturated carbocycles. The molecule has 0 aliphatic carbocycles. The van der Waals surface area contributed by atoms with Crippen molar-refractivity contribution in [2.75, 3.05) is 30.7 Å². The van der Waals surface area contributed by atoms with Crippen molar-refractivity contribution in [2.45, 2.75) is 39.2 Å². The van der Waals surface area contributed by atoms with E-state index in [4.69, 9.17) is 10.8 Å². The minimum Gasteiger partial charge on any atom is -0.397 e. The summed E-state index contributed by atoms with van der Waals surface area (Å²) >= 11 is 0. The first-order valence-corrected chi connectivity index (χ1v) is 7.54. The highest BCUT2D eigenvalue weighted by Crippen LogP contribution is 2.17. The molecule has 0 spiro atoms. The van der Waals surface area contributed by atoms with Crippen LogP contribution in [-0.4, -0.2) is 41.7 Å². The lowest BCUT2D eigenvalue weighted by atomic mass is 10.2. The largest absolute Gasteiger partial charge is 0.397 e. The van der Waals surface area contributed by atoms with Crippen LogP contribution in [0.4, 0.5) is 11.4 Å². The smallest absolute Gasteiger partial charge is 0.224 e. The molecule has 0 aliphatic heterocycles.